The van der Waals surface area contributed by atoms with Crippen LogP contribution in [0, 0.1) is 29.9 Å². The van der Waals surface area contributed by atoms with Crippen molar-refractivity contribution in [3.8, 4) is 17.2 Å². The monoisotopic (exact) mass is 368 g/mol. The van der Waals surface area contributed by atoms with E-state index in [9.17, 15) is 14.0 Å². The summed E-state index contributed by atoms with van der Waals surface area (Å²) in [5.41, 5.74) is 0.491. The highest BCUT2D eigenvalue weighted by atomic mass is 19.1. The number of hydrogen-bond donors (Lipinski definition) is 0. The van der Waals surface area contributed by atoms with E-state index in [1.54, 1.807) is 0 Å². The maximum absolute atomic E-state index is 14.8. The van der Waals surface area contributed by atoms with Gasteiger partial charge in [-0.25, -0.2) is 8.78 Å². The van der Waals surface area contributed by atoms with Gasteiger partial charge in [0.2, 0.25) is 0 Å². The lowest BCUT2D eigenvalue weighted by molar-refractivity contribution is 0.595. The summed E-state index contributed by atoms with van der Waals surface area (Å²) in [6.45, 7) is 2.99. The number of aryl methyl sites for hydroxylation is 1. The summed E-state index contributed by atoms with van der Waals surface area (Å²) in [6.07, 6.45) is 5.52. The average molecular weight is 368 g/mol. The standard InChI is InChI=1S/C19H18F2N6/c1-12-8-15(21)13(9-14(12)20)17-16(10-22)25-19-23-11-24-27(19)18(17)26-6-4-2-3-5-7-26/h8-9,11H,2-7H2,1H3. The third-order valence-electron chi connectivity index (χ3n) is 4.93. The minimum Gasteiger partial charge on any atom is -0.356 e. The van der Waals surface area contributed by atoms with E-state index < -0.39 is 11.6 Å². The van der Waals surface area contributed by atoms with E-state index in [4.69, 9.17) is 0 Å². The van der Waals surface area contributed by atoms with Crippen LogP contribution in [0.15, 0.2) is 18.5 Å². The number of nitrogens with zero attached hydrogens (tertiary/aromatic N) is 6. The lowest BCUT2D eigenvalue weighted by Gasteiger charge is -2.26. The number of halogens is 2. The van der Waals surface area contributed by atoms with Crippen molar-refractivity contribution in [2.24, 2.45) is 0 Å². The summed E-state index contributed by atoms with van der Waals surface area (Å²) >= 11 is 0. The molecule has 0 bridgehead atoms. The van der Waals surface area contributed by atoms with E-state index >= 15 is 0 Å². The number of fused-ring (bicyclic) bond motifs is 1. The van der Waals surface area contributed by atoms with E-state index in [1.165, 1.54) is 17.8 Å². The van der Waals surface area contributed by atoms with Gasteiger partial charge in [-0.1, -0.05) is 12.8 Å². The average Bonchev–Trinajstić information content (AvgIpc) is 2.96. The van der Waals surface area contributed by atoms with Gasteiger partial charge in [-0.05, 0) is 37.5 Å². The molecule has 1 aromatic carbocycles. The third kappa shape index (κ3) is 2.99. The van der Waals surface area contributed by atoms with Crippen molar-refractivity contribution in [3.63, 3.8) is 0 Å². The molecule has 0 radical (unpaired) electrons. The first-order valence-electron chi connectivity index (χ1n) is 8.95. The zero-order valence-electron chi connectivity index (χ0n) is 14.9. The number of rotatable bonds is 2. The van der Waals surface area contributed by atoms with Gasteiger partial charge in [-0.3, -0.25) is 0 Å². The van der Waals surface area contributed by atoms with Crippen LogP contribution in [0.4, 0.5) is 14.6 Å². The summed E-state index contributed by atoms with van der Waals surface area (Å²) in [7, 11) is 0. The molecule has 0 aliphatic carbocycles. The summed E-state index contributed by atoms with van der Waals surface area (Å²) in [5, 5.41) is 13.9. The normalized spacial score (nSPS) is 15.0. The van der Waals surface area contributed by atoms with Crippen LogP contribution in [0.2, 0.25) is 0 Å². The molecule has 1 aliphatic heterocycles. The highest BCUT2D eigenvalue weighted by Crippen LogP contribution is 2.36. The van der Waals surface area contributed by atoms with Crippen LogP contribution in [0.1, 0.15) is 36.9 Å². The maximum atomic E-state index is 14.8. The summed E-state index contributed by atoms with van der Waals surface area (Å²) < 4.78 is 30.6. The molecule has 0 saturated carbocycles. The second-order valence-corrected chi connectivity index (χ2v) is 6.73. The molecule has 0 spiro atoms. The Morgan fingerprint density at radius 1 is 1.07 bits per heavy atom. The molecule has 8 heteroatoms. The molecule has 1 aliphatic rings. The summed E-state index contributed by atoms with van der Waals surface area (Å²) in [5.74, 6) is -0.320. The predicted molar refractivity (Wildman–Crippen MR) is 96.3 cm³/mol. The zero-order chi connectivity index (χ0) is 19.0. The van der Waals surface area contributed by atoms with Gasteiger partial charge in [-0.15, -0.1) is 0 Å². The molecule has 1 saturated heterocycles. The van der Waals surface area contributed by atoms with Gasteiger partial charge in [0.1, 0.15) is 29.8 Å². The van der Waals surface area contributed by atoms with Gasteiger partial charge in [0.25, 0.3) is 5.78 Å². The predicted octanol–water partition coefficient (Wildman–Crippen LogP) is 3.63. The fourth-order valence-electron chi connectivity index (χ4n) is 3.57. The van der Waals surface area contributed by atoms with Gasteiger partial charge in [-0.2, -0.15) is 24.8 Å². The minimum atomic E-state index is -0.595. The van der Waals surface area contributed by atoms with Crippen LogP contribution in [0.25, 0.3) is 16.9 Å². The van der Waals surface area contributed by atoms with Gasteiger partial charge in [0.15, 0.2) is 5.69 Å². The molecule has 6 nitrogen and oxygen atoms in total. The largest absolute Gasteiger partial charge is 0.356 e. The van der Waals surface area contributed by atoms with Crippen molar-refractivity contribution in [2.45, 2.75) is 32.6 Å². The van der Waals surface area contributed by atoms with Crippen LogP contribution >= 0.6 is 0 Å². The number of aromatic nitrogens is 4. The molecule has 3 heterocycles. The molecule has 27 heavy (non-hydrogen) atoms. The van der Waals surface area contributed by atoms with Crippen molar-refractivity contribution in [2.75, 3.05) is 18.0 Å². The molecule has 2 aromatic heterocycles. The molecule has 1 fully saturated rings. The Hall–Kier alpha value is -3.08. The Morgan fingerprint density at radius 3 is 2.52 bits per heavy atom. The molecular weight excluding hydrogens is 350 g/mol. The molecule has 0 N–H and O–H groups in total. The fourth-order valence-corrected chi connectivity index (χ4v) is 3.57. The number of anilines is 1. The second-order valence-electron chi connectivity index (χ2n) is 6.73. The van der Waals surface area contributed by atoms with E-state index in [0.717, 1.165) is 50.9 Å². The fraction of sp³-hybridized carbons (Fsp3) is 0.368. The van der Waals surface area contributed by atoms with Crippen molar-refractivity contribution in [1.82, 2.24) is 19.6 Å². The number of nitriles is 1. The van der Waals surface area contributed by atoms with Crippen LogP contribution in [-0.4, -0.2) is 32.7 Å². The lowest BCUT2D eigenvalue weighted by atomic mass is 10.0. The van der Waals surface area contributed by atoms with Crippen molar-refractivity contribution in [3.05, 3.63) is 41.4 Å². The van der Waals surface area contributed by atoms with Gasteiger partial charge < -0.3 is 4.90 Å². The highest BCUT2D eigenvalue weighted by molar-refractivity contribution is 5.82. The maximum Gasteiger partial charge on any atom is 0.255 e. The first kappa shape index (κ1) is 17.3. The highest BCUT2D eigenvalue weighted by Gasteiger charge is 2.26. The van der Waals surface area contributed by atoms with Gasteiger partial charge in [0.05, 0.1) is 5.56 Å². The van der Waals surface area contributed by atoms with Crippen molar-refractivity contribution < 1.29 is 8.78 Å². The van der Waals surface area contributed by atoms with Crippen LogP contribution in [0.3, 0.4) is 0 Å². The van der Waals surface area contributed by atoms with Crippen LogP contribution in [0.5, 0.6) is 0 Å². The van der Waals surface area contributed by atoms with Crippen LogP contribution in [-0.2, 0) is 0 Å². The molecule has 0 atom stereocenters. The van der Waals surface area contributed by atoms with Gasteiger partial charge >= 0.3 is 0 Å². The number of hydrogen-bond acceptors (Lipinski definition) is 5. The summed E-state index contributed by atoms with van der Waals surface area (Å²) in [6, 6.07) is 4.30. The first-order chi connectivity index (χ1) is 13.1. The van der Waals surface area contributed by atoms with E-state index in [1.807, 2.05) is 6.07 Å². The van der Waals surface area contributed by atoms with Gasteiger partial charge in [0, 0.05) is 18.7 Å². The molecule has 4 rings (SSSR count). The Bertz CT molecular complexity index is 1040. The minimum absolute atomic E-state index is 0.0110. The quantitative estimate of drug-likeness (QED) is 0.691. The molecular formula is C19H18F2N6. The SMILES string of the molecule is Cc1cc(F)c(-c2c(C#N)nc3ncnn3c2N2CCCCCC2)cc1F. The Kier molecular flexibility index (Phi) is 4.44. The Morgan fingerprint density at radius 2 is 1.81 bits per heavy atom. The van der Waals surface area contributed by atoms with E-state index in [2.05, 4.69) is 20.0 Å². The van der Waals surface area contributed by atoms with Crippen molar-refractivity contribution in [1.29, 1.82) is 5.26 Å². The smallest absolute Gasteiger partial charge is 0.255 e. The summed E-state index contributed by atoms with van der Waals surface area (Å²) in [4.78, 5) is 10.4. The first-order valence-corrected chi connectivity index (χ1v) is 8.95. The molecule has 0 amide bonds. The lowest BCUT2D eigenvalue weighted by Crippen LogP contribution is -2.28. The Labute approximate surface area is 155 Å². The number of benzene rings is 1. The third-order valence-corrected chi connectivity index (χ3v) is 4.93. The molecule has 3 aromatic rings. The topological polar surface area (TPSA) is 70.1 Å². The van der Waals surface area contributed by atoms with Crippen molar-refractivity contribution >= 4 is 11.6 Å². The van der Waals surface area contributed by atoms with E-state index in [0.29, 0.717) is 5.82 Å². The molecule has 0 unspecified atom stereocenters. The van der Waals surface area contributed by atoms with E-state index in [-0.39, 0.29) is 28.2 Å². The zero-order valence-corrected chi connectivity index (χ0v) is 14.9. The second kappa shape index (κ2) is 6.91. The Balaban J connectivity index is 2.05. The molecule has 138 valence electrons. The van der Waals surface area contributed by atoms with Crippen LogP contribution < -0.4 is 4.90 Å².